The van der Waals surface area contributed by atoms with Crippen LogP contribution in [-0.2, 0) is 24.2 Å². The van der Waals surface area contributed by atoms with Crippen molar-refractivity contribution >= 4 is 28.6 Å². The number of H-pyrrole nitrogens is 1. The van der Waals surface area contributed by atoms with Gasteiger partial charge in [-0.1, -0.05) is 0 Å². The predicted octanol–water partition coefficient (Wildman–Crippen LogP) is 6.38. The van der Waals surface area contributed by atoms with Crippen LogP contribution in [0.15, 0.2) is 67.0 Å². The number of imidazole rings is 2. The Bertz CT molecular complexity index is 1730. The number of nitrogens with zero attached hydrogens (tertiary/aromatic N) is 4. The number of fused-ring (bicyclic) bond motifs is 1. The summed E-state index contributed by atoms with van der Waals surface area (Å²) in [5.74, 6) is -0.129. The number of rotatable bonds is 6. The highest BCUT2D eigenvalue weighted by atomic mass is 19.4. The topological polar surface area (TPSA) is 138 Å². The van der Waals surface area contributed by atoms with Crippen molar-refractivity contribution in [2.75, 3.05) is 5.32 Å². The summed E-state index contributed by atoms with van der Waals surface area (Å²) in [4.78, 5) is 23.9. The number of pyridine rings is 1. The van der Waals surface area contributed by atoms with E-state index in [-0.39, 0.29) is 11.5 Å². The lowest BCUT2D eigenvalue weighted by Gasteiger charge is -2.09. The van der Waals surface area contributed by atoms with E-state index in [0.29, 0.717) is 34.8 Å². The number of hydrogen-bond donors (Lipinski definition) is 4. The van der Waals surface area contributed by atoms with Crippen LogP contribution in [0, 0.1) is 0 Å². The minimum atomic E-state index is -4.56. The van der Waals surface area contributed by atoms with E-state index in [2.05, 4.69) is 25.3 Å². The van der Waals surface area contributed by atoms with Crippen molar-refractivity contribution in [1.82, 2.24) is 24.5 Å². The fraction of sp³-hybridized carbons (Fsp3) is 0.185. The second-order valence-corrected chi connectivity index (χ2v) is 8.98. The minimum absolute atomic E-state index is 0.0584. The van der Waals surface area contributed by atoms with Crippen LogP contribution in [0.4, 0.5) is 38.0 Å². The average molecular weight is 608 g/mol. The molecule has 3 aromatic heterocycles. The maximum Gasteiger partial charge on any atom is 0.432 e. The Kier molecular flexibility index (Phi) is 8.61. The van der Waals surface area contributed by atoms with Crippen LogP contribution in [0.5, 0.6) is 11.5 Å². The number of benzene rings is 2. The number of aromatic nitrogens is 5. The summed E-state index contributed by atoms with van der Waals surface area (Å²) >= 11 is 0. The maximum absolute atomic E-state index is 12.9. The molecule has 0 radical (unpaired) electrons. The molecule has 0 aliphatic rings. The fourth-order valence-electron chi connectivity index (χ4n) is 3.56. The number of hydrogen-bond acceptors (Lipinski definition) is 7. The van der Waals surface area contributed by atoms with Crippen LogP contribution >= 0.6 is 0 Å². The molecule has 0 bridgehead atoms. The van der Waals surface area contributed by atoms with Gasteiger partial charge in [-0.15, -0.1) is 0 Å². The molecule has 0 saturated heterocycles. The van der Waals surface area contributed by atoms with Gasteiger partial charge >= 0.3 is 18.3 Å². The Morgan fingerprint density at radius 1 is 0.977 bits per heavy atom. The average Bonchev–Trinajstić information content (AvgIpc) is 3.55. The van der Waals surface area contributed by atoms with Crippen molar-refractivity contribution in [2.24, 2.45) is 7.05 Å². The molecule has 0 saturated carbocycles. The van der Waals surface area contributed by atoms with Gasteiger partial charge in [-0.25, -0.2) is 14.8 Å². The van der Waals surface area contributed by atoms with E-state index in [1.807, 2.05) is 0 Å². The van der Waals surface area contributed by atoms with E-state index in [1.165, 1.54) is 37.4 Å². The number of aryl methyl sites for hydroxylation is 1. The number of carboxylic acids is 1. The largest absolute Gasteiger partial charge is 0.479 e. The highest BCUT2D eigenvalue weighted by Crippen LogP contribution is 2.33. The van der Waals surface area contributed by atoms with Gasteiger partial charge in [0.1, 0.15) is 29.0 Å². The molecule has 10 nitrogen and oxygen atoms in total. The summed E-state index contributed by atoms with van der Waals surface area (Å²) in [6, 6.07) is 12.7. The van der Waals surface area contributed by atoms with Crippen molar-refractivity contribution in [2.45, 2.75) is 25.4 Å². The number of ether oxygens (including phenoxy) is 1. The molecular formula is C27H22F6N6O4. The number of aliphatic hydroxyl groups excluding tert-OH is 1. The number of halogens is 6. The second-order valence-electron chi connectivity index (χ2n) is 8.98. The third kappa shape index (κ3) is 7.59. The first kappa shape index (κ1) is 30.8. The van der Waals surface area contributed by atoms with E-state index in [4.69, 9.17) is 14.9 Å². The number of aromatic amines is 1. The zero-order chi connectivity index (χ0) is 31.5. The standard InChI is InChI=1S/C24H16F6N6O.C3H6O3/c1-36-19-7-6-15(10-17(19)34-22(36)33-14-4-2-13(3-5-14)23(25,26)27)37-16-8-9-31-18(11-16)21-32-12-20(35-21)24(28,29)30;1-2(4)3(5)6/h2-12H,1H3,(H,32,35)(H,33,34);2,4H,1H3,(H,5,6). The Morgan fingerprint density at radius 3 is 2.21 bits per heavy atom. The van der Waals surface area contributed by atoms with Crippen molar-refractivity contribution in [3.8, 4) is 23.0 Å². The van der Waals surface area contributed by atoms with Crippen molar-refractivity contribution in [1.29, 1.82) is 0 Å². The van der Waals surface area contributed by atoms with Gasteiger partial charge in [-0.2, -0.15) is 26.3 Å². The number of nitrogens with one attached hydrogen (secondary N) is 2. The van der Waals surface area contributed by atoms with E-state index in [9.17, 15) is 31.1 Å². The molecule has 0 spiro atoms. The lowest BCUT2D eigenvalue weighted by atomic mass is 10.2. The van der Waals surface area contributed by atoms with Gasteiger partial charge in [-0.05, 0) is 49.4 Å². The number of aliphatic hydroxyl groups is 1. The molecule has 5 rings (SSSR count). The Labute approximate surface area is 238 Å². The lowest BCUT2D eigenvalue weighted by Crippen LogP contribution is -2.13. The smallest absolute Gasteiger partial charge is 0.432 e. The molecule has 0 aliphatic carbocycles. The van der Waals surface area contributed by atoms with Crippen LogP contribution in [0.3, 0.4) is 0 Å². The highest BCUT2D eigenvalue weighted by molar-refractivity contribution is 5.81. The molecule has 2 aromatic carbocycles. The van der Waals surface area contributed by atoms with Gasteiger partial charge in [0.25, 0.3) is 0 Å². The molecule has 1 atom stereocenters. The molecule has 0 aliphatic heterocycles. The second kappa shape index (κ2) is 12.0. The first-order valence-electron chi connectivity index (χ1n) is 12.2. The third-order valence-electron chi connectivity index (χ3n) is 5.77. The Hall–Kier alpha value is -5.12. The quantitative estimate of drug-likeness (QED) is 0.163. The van der Waals surface area contributed by atoms with Crippen LogP contribution < -0.4 is 10.1 Å². The zero-order valence-electron chi connectivity index (χ0n) is 22.2. The monoisotopic (exact) mass is 608 g/mol. The number of anilines is 2. The van der Waals surface area contributed by atoms with E-state index in [0.717, 1.165) is 17.6 Å². The van der Waals surface area contributed by atoms with E-state index < -0.39 is 35.7 Å². The molecule has 3 heterocycles. The van der Waals surface area contributed by atoms with Gasteiger partial charge in [0.2, 0.25) is 5.95 Å². The number of carboxylic acid groups (broad SMARTS) is 1. The summed E-state index contributed by atoms with van der Waals surface area (Å²) in [5, 5.41) is 18.8. The Morgan fingerprint density at radius 2 is 1.63 bits per heavy atom. The highest BCUT2D eigenvalue weighted by Gasteiger charge is 2.33. The Balaban J connectivity index is 0.000000641. The van der Waals surface area contributed by atoms with Crippen molar-refractivity contribution in [3.05, 3.63) is 78.2 Å². The summed E-state index contributed by atoms with van der Waals surface area (Å²) in [7, 11) is 1.75. The first-order chi connectivity index (χ1) is 20.1. The van der Waals surface area contributed by atoms with E-state index >= 15 is 0 Å². The molecule has 5 aromatic rings. The van der Waals surface area contributed by atoms with E-state index in [1.54, 1.807) is 29.8 Å². The van der Waals surface area contributed by atoms with Crippen LogP contribution in [0.2, 0.25) is 0 Å². The molecule has 226 valence electrons. The fourth-order valence-corrected chi connectivity index (χ4v) is 3.56. The number of carbonyl (C=O) groups is 1. The summed E-state index contributed by atoms with van der Waals surface area (Å²) in [6.45, 7) is 1.20. The van der Waals surface area contributed by atoms with Crippen LogP contribution in [0.1, 0.15) is 18.2 Å². The number of aliphatic carboxylic acids is 1. The molecule has 43 heavy (non-hydrogen) atoms. The molecular weight excluding hydrogens is 586 g/mol. The normalized spacial score (nSPS) is 12.4. The van der Waals surface area contributed by atoms with Gasteiger partial charge < -0.3 is 29.8 Å². The summed E-state index contributed by atoms with van der Waals surface area (Å²) < 4.78 is 84.5. The van der Waals surface area contributed by atoms with Crippen molar-refractivity contribution < 1.29 is 46.1 Å². The summed E-state index contributed by atoms with van der Waals surface area (Å²) in [6.07, 6.45) is -8.14. The summed E-state index contributed by atoms with van der Waals surface area (Å²) in [5.41, 5.74) is 0.125. The SMILES string of the molecule is CC(O)C(=O)O.Cn1c(Nc2ccc(C(F)(F)F)cc2)nc2cc(Oc3ccnc(-c4ncc(C(F)(F)F)[nH]4)c3)ccc21. The van der Waals surface area contributed by atoms with Gasteiger partial charge in [0.15, 0.2) is 5.82 Å². The molecule has 4 N–H and O–H groups in total. The van der Waals surface area contributed by atoms with Crippen LogP contribution in [-0.4, -0.2) is 46.8 Å². The zero-order valence-corrected chi connectivity index (χ0v) is 22.2. The minimum Gasteiger partial charge on any atom is -0.479 e. The van der Waals surface area contributed by atoms with Gasteiger partial charge in [0.05, 0.1) is 22.8 Å². The molecule has 0 fully saturated rings. The number of alkyl halides is 6. The predicted molar refractivity (Wildman–Crippen MR) is 142 cm³/mol. The van der Waals surface area contributed by atoms with Gasteiger partial charge in [-0.3, -0.25) is 4.98 Å². The van der Waals surface area contributed by atoms with Gasteiger partial charge in [0, 0.05) is 31.1 Å². The maximum atomic E-state index is 12.9. The van der Waals surface area contributed by atoms with Crippen LogP contribution in [0.25, 0.3) is 22.6 Å². The lowest BCUT2D eigenvalue weighted by molar-refractivity contribution is -0.145. The van der Waals surface area contributed by atoms with Crippen molar-refractivity contribution in [3.63, 3.8) is 0 Å². The molecule has 16 heteroatoms. The molecule has 1 unspecified atom stereocenters. The third-order valence-corrected chi connectivity index (χ3v) is 5.77. The molecule has 0 amide bonds. The first-order valence-corrected chi connectivity index (χ1v) is 12.2.